The first kappa shape index (κ1) is 20.3. The third-order valence-electron chi connectivity index (χ3n) is 5.43. The van der Waals surface area contributed by atoms with Gasteiger partial charge in [0.2, 0.25) is 0 Å². The van der Waals surface area contributed by atoms with Crippen LogP contribution in [0.3, 0.4) is 0 Å². The maximum atomic E-state index is 13.3. The van der Waals surface area contributed by atoms with Crippen LogP contribution >= 0.6 is 0 Å². The van der Waals surface area contributed by atoms with Crippen molar-refractivity contribution in [3.8, 4) is 11.5 Å². The average molecular weight is 423 g/mol. The van der Waals surface area contributed by atoms with Crippen molar-refractivity contribution in [2.45, 2.75) is 37.5 Å². The third-order valence-corrected chi connectivity index (χ3v) is 7.23. The third kappa shape index (κ3) is 5.12. The molecule has 29 heavy (non-hydrogen) atoms. The van der Waals surface area contributed by atoms with Gasteiger partial charge in [-0.15, -0.1) is 0 Å². The van der Waals surface area contributed by atoms with E-state index in [1.807, 2.05) is 12.1 Å². The summed E-state index contributed by atoms with van der Waals surface area (Å²) in [6, 6.07) is 10.5. The smallest absolute Gasteiger partial charge is 0.153 e. The Morgan fingerprint density at radius 3 is 2.48 bits per heavy atom. The minimum Gasteiger partial charge on any atom is -0.457 e. The Balaban J connectivity index is 1.32. The summed E-state index contributed by atoms with van der Waals surface area (Å²) in [5.74, 6) is -0.469. The Morgan fingerprint density at radius 2 is 1.83 bits per heavy atom. The van der Waals surface area contributed by atoms with Crippen LogP contribution in [0.1, 0.15) is 24.8 Å². The second-order valence-corrected chi connectivity index (χ2v) is 9.98. The molecule has 0 amide bonds. The first-order valence-corrected chi connectivity index (χ1v) is 11.4. The van der Waals surface area contributed by atoms with E-state index >= 15 is 0 Å². The fraction of sp³-hybridized carbons (Fsp3) is 0.429. The normalized spacial score (nSPS) is 25.9. The summed E-state index contributed by atoms with van der Waals surface area (Å²) in [7, 11) is -2.99. The molecule has 8 heteroatoms. The first-order chi connectivity index (χ1) is 13.8. The molecule has 1 N–H and O–H groups in total. The van der Waals surface area contributed by atoms with Gasteiger partial charge in [0.1, 0.15) is 23.1 Å². The summed E-state index contributed by atoms with van der Waals surface area (Å²) >= 11 is 0. The highest BCUT2D eigenvalue weighted by Crippen LogP contribution is 2.35. The Hall–Kier alpha value is -2.03. The maximum Gasteiger partial charge on any atom is 0.153 e. The molecule has 2 heterocycles. The Kier molecular flexibility index (Phi) is 5.59. The van der Waals surface area contributed by atoms with Crippen molar-refractivity contribution in [2.24, 2.45) is 0 Å². The molecule has 156 valence electrons. The van der Waals surface area contributed by atoms with Gasteiger partial charge in [0.25, 0.3) is 0 Å². The number of benzene rings is 2. The summed E-state index contributed by atoms with van der Waals surface area (Å²) in [4.78, 5) is 0. The number of sulfone groups is 1. The van der Waals surface area contributed by atoms with Gasteiger partial charge in [0.15, 0.2) is 9.84 Å². The van der Waals surface area contributed by atoms with Crippen molar-refractivity contribution >= 4 is 9.84 Å². The van der Waals surface area contributed by atoms with Gasteiger partial charge in [-0.05, 0) is 37.0 Å². The summed E-state index contributed by atoms with van der Waals surface area (Å²) in [6.07, 6.45) is 2.10. The molecule has 0 radical (unpaired) electrons. The second kappa shape index (κ2) is 8.01. The summed E-state index contributed by atoms with van der Waals surface area (Å²) in [5, 5.41) is 3.49. The minimum atomic E-state index is -2.99. The Bertz CT molecular complexity index is 960. The fourth-order valence-electron chi connectivity index (χ4n) is 4.02. The number of rotatable bonds is 5. The lowest BCUT2D eigenvalue weighted by Gasteiger charge is -2.37. The number of hydrogen-bond donors (Lipinski definition) is 1. The van der Waals surface area contributed by atoms with Crippen LogP contribution in [0.4, 0.5) is 8.78 Å². The predicted molar refractivity (Wildman–Crippen MR) is 105 cm³/mol. The molecule has 0 saturated carbocycles. The van der Waals surface area contributed by atoms with Crippen molar-refractivity contribution in [1.82, 2.24) is 5.32 Å². The molecule has 0 aliphatic carbocycles. The van der Waals surface area contributed by atoms with Crippen LogP contribution in [-0.4, -0.2) is 38.2 Å². The molecule has 0 unspecified atom stereocenters. The number of hydrogen-bond acceptors (Lipinski definition) is 5. The zero-order chi connectivity index (χ0) is 20.5. The van der Waals surface area contributed by atoms with E-state index < -0.39 is 27.1 Å². The topological polar surface area (TPSA) is 64.6 Å². The summed E-state index contributed by atoms with van der Waals surface area (Å²) in [6.45, 7) is 1.19. The van der Waals surface area contributed by atoms with Crippen molar-refractivity contribution in [2.75, 3.05) is 18.1 Å². The van der Waals surface area contributed by atoms with Gasteiger partial charge in [-0.25, -0.2) is 17.2 Å². The molecule has 2 saturated heterocycles. The van der Waals surface area contributed by atoms with Gasteiger partial charge in [0, 0.05) is 37.4 Å². The molecule has 2 fully saturated rings. The Labute approximate surface area is 168 Å². The lowest BCUT2D eigenvalue weighted by Crippen LogP contribution is -2.47. The fourth-order valence-corrected chi connectivity index (χ4v) is 6.00. The molecule has 2 aromatic carbocycles. The number of nitrogens with one attached hydrogen (secondary N) is 1. The standard InChI is InChI=1S/C21H23F2NO4S/c22-16-9-17(23)11-20(10-16)28-19-3-1-15(2-4-19)13-24-18-5-7-27-21(12-18)6-8-29(25,26)14-21/h1-4,9-11,18,24H,5-8,12-14H2/t18-,21-/m0/s1. The lowest BCUT2D eigenvalue weighted by atomic mass is 9.90. The number of ether oxygens (including phenoxy) is 2. The van der Waals surface area contributed by atoms with E-state index in [9.17, 15) is 17.2 Å². The van der Waals surface area contributed by atoms with E-state index in [0.29, 0.717) is 31.7 Å². The van der Waals surface area contributed by atoms with E-state index in [4.69, 9.17) is 9.47 Å². The van der Waals surface area contributed by atoms with E-state index in [1.165, 1.54) is 0 Å². The van der Waals surface area contributed by atoms with Crippen LogP contribution < -0.4 is 10.1 Å². The van der Waals surface area contributed by atoms with Crippen LogP contribution in [0.5, 0.6) is 11.5 Å². The number of halogens is 2. The second-order valence-electron chi connectivity index (χ2n) is 7.80. The molecular formula is C21H23F2NO4S. The molecule has 4 rings (SSSR count). The van der Waals surface area contributed by atoms with Crippen LogP contribution in [-0.2, 0) is 21.1 Å². The SMILES string of the molecule is O=S1(=O)CC[C@]2(C[C@@H](NCc3ccc(Oc4cc(F)cc(F)c4)cc3)CCO2)C1. The predicted octanol–water partition coefficient (Wildman–Crippen LogP) is 3.58. The molecule has 5 nitrogen and oxygen atoms in total. The van der Waals surface area contributed by atoms with Gasteiger partial charge < -0.3 is 14.8 Å². The van der Waals surface area contributed by atoms with E-state index in [2.05, 4.69) is 5.32 Å². The van der Waals surface area contributed by atoms with E-state index in [-0.39, 0.29) is 23.3 Å². The molecule has 1 spiro atoms. The largest absolute Gasteiger partial charge is 0.457 e. The van der Waals surface area contributed by atoms with E-state index in [1.54, 1.807) is 12.1 Å². The monoisotopic (exact) mass is 423 g/mol. The van der Waals surface area contributed by atoms with Crippen LogP contribution in [0, 0.1) is 11.6 Å². The molecule has 0 bridgehead atoms. The molecule has 2 atom stereocenters. The van der Waals surface area contributed by atoms with Crippen LogP contribution in [0.25, 0.3) is 0 Å². The average Bonchev–Trinajstić information content (AvgIpc) is 2.94. The quantitative estimate of drug-likeness (QED) is 0.796. The summed E-state index contributed by atoms with van der Waals surface area (Å²) in [5.41, 5.74) is 0.495. The maximum absolute atomic E-state index is 13.3. The minimum absolute atomic E-state index is 0.104. The van der Waals surface area contributed by atoms with Gasteiger partial charge in [-0.3, -0.25) is 0 Å². The van der Waals surface area contributed by atoms with Crippen molar-refractivity contribution in [1.29, 1.82) is 0 Å². The molecule has 2 aliphatic heterocycles. The lowest BCUT2D eigenvalue weighted by molar-refractivity contribution is -0.0705. The van der Waals surface area contributed by atoms with E-state index in [0.717, 1.165) is 30.2 Å². The highest BCUT2D eigenvalue weighted by molar-refractivity contribution is 7.91. The molecule has 2 aromatic rings. The van der Waals surface area contributed by atoms with Crippen molar-refractivity contribution in [3.05, 3.63) is 59.7 Å². The first-order valence-electron chi connectivity index (χ1n) is 9.62. The van der Waals surface area contributed by atoms with Gasteiger partial charge in [-0.2, -0.15) is 0 Å². The van der Waals surface area contributed by atoms with Crippen molar-refractivity contribution < 1.29 is 26.7 Å². The molecule has 0 aromatic heterocycles. The van der Waals surface area contributed by atoms with Crippen molar-refractivity contribution in [3.63, 3.8) is 0 Å². The zero-order valence-electron chi connectivity index (χ0n) is 15.9. The van der Waals surface area contributed by atoms with Gasteiger partial charge >= 0.3 is 0 Å². The highest BCUT2D eigenvalue weighted by Gasteiger charge is 2.46. The van der Waals surface area contributed by atoms with Gasteiger partial charge in [-0.1, -0.05) is 12.1 Å². The van der Waals surface area contributed by atoms with Crippen LogP contribution in [0.15, 0.2) is 42.5 Å². The Morgan fingerprint density at radius 1 is 1.10 bits per heavy atom. The highest BCUT2D eigenvalue weighted by atomic mass is 32.2. The summed E-state index contributed by atoms with van der Waals surface area (Å²) < 4.78 is 61.5. The van der Waals surface area contributed by atoms with Crippen LogP contribution in [0.2, 0.25) is 0 Å². The zero-order valence-corrected chi connectivity index (χ0v) is 16.7. The van der Waals surface area contributed by atoms with Gasteiger partial charge in [0.05, 0.1) is 17.1 Å². The molecular weight excluding hydrogens is 400 g/mol. The molecule has 2 aliphatic rings.